The molecule has 0 radical (unpaired) electrons. The van der Waals surface area contributed by atoms with Crippen molar-refractivity contribution in [2.45, 2.75) is 0 Å². The van der Waals surface area contributed by atoms with Gasteiger partial charge in [-0.2, -0.15) is 10.5 Å². The first-order chi connectivity index (χ1) is 23.7. The molecule has 0 unspecified atom stereocenters. The zero-order chi connectivity index (χ0) is 32.5. The molecule has 1 heterocycles. The highest BCUT2D eigenvalue weighted by Crippen LogP contribution is 2.36. The Bertz CT molecular complexity index is 2370. The Balaban J connectivity index is 1.44. The molecular formula is C44H29N3Si. The van der Waals surface area contributed by atoms with Crippen LogP contribution in [0.4, 0.5) is 0 Å². The van der Waals surface area contributed by atoms with Crippen LogP contribution in [-0.2, 0) is 0 Å². The van der Waals surface area contributed by atoms with E-state index in [0.717, 1.165) is 43.8 Å². The third kappa shape index (κ3) is 4.55. The van der Waals surface area contributed by atoms with E-state index in [2.05, 4.69) is 156 Å². The molecule has 1 aromatic heterocycles. The lowest BCUT2D eigenvalue weighted by molar-refractivity contribution is 1.17. The van der Waals surface area contributed by atoms with Crippen LogP contribution >= 0.6 is 0 Å². The SMILES string of the molecule is N#Cc1cc(-c2cccc(-n3c4ccccc4c4ccccc43)c2C#N)cc([Si](c2ccccc2)(c2ccccc2)c2ccccc2)c1. The predicted octanol–water partition coefficient (Wildman–Crippen LogP) is 7.57. The molecule has 0 N–H and O–H groups in total. The monoisotopic (exact) mass is 627 g/mol. The number of rotatable bonds is 6. The van der Waals surface area contributed by atoms with Gasteiger partial charge >= 0.3 is 0 Å². The summed E-state index contributed by atoms with van der Waals surface area (Å²) in [6.07, 6.45) is 0. The van der Waals surface area contributed by atoms with Gasteiger partial charge in [0.05, 0.1) is 33.9 Å². The molecule has 0 spiro atoms. The number of hydrogen-bond acceptors (Lipinski definition) is 2. The molecule has 48 heavy (non-hydrogen) atoms. The Morgan fingerprint density at radius 3 is 1.44 bits per heavy atom. The van der Waals surface area contributed by atoms with Crippen molar-refractivity contribution in [3.63, 3.8) is 0 Å². The molecule has 0 aliphatic heterocycles. The van der Waals surface area contributed by atoms with E-state index >= 15 is 0 Å². The van der Waals surface area contributed by atoms with Crippen LogP contribution in [0.5, 0.6) is 0 Å². The van der Waals surface area contributed by atoms with E-state index in [1.54, 1.807) is 0 Å². The molecule has 4 heteroatoms. The summed E-state index contributed by atoms with van der Waals surface area (Å²) in [5, 5.41) is 28.4. The molecule has 0 aliphatic carbocycles. The van der Waals surface area contributed by atoms with Crippen molar-refractivity contribution in [2.24, 2.45) is 0 Å². The largest absolute Gasteiger partial charge is 0.308 e. The molecule has 0 amide bonds. The Morgan fingerprint density at radius 2 is 0.938 bits per heavy atom. The summed E-state index contributed by atoms with van der Waals surface area (Å²) in [4.78, 5) is 0. The quantitative estimate of drug-likeness (QED) is 0.141. The van der Waals surface area contributed by atoms with Crippen molar-refractivity contribution in [1.29, 1.82) is 10.5 Å². The molecule has 7 aromatic carbocycles. The molecular weight excluding hydrogens is 599 g/mol. The summed E-state index contributed by atoms with van der Waals surface area (Å²) >= 11 is 0. The van der Waals surface area contributed by atoms with Gasteiger partial charge in [0.25, 0.3) is 0 Å². The second-order valence-electron chi connectivity index (χ2n) is 11.9. The van der Waals surface area contributed by atoms with Gasteiger partial charge in [0.1, 0.15) is 6.07 Å². The van der Waals surface area contributed by atoms with Crippen molar-refractivity contribution in [2.75, 3.05) is 0 Å². The van der Waals surface area contributed by atoms with Crippen molar-refractivity contribution in [3.8, 4) is 29.0 Å². The van der Waals surface area contributed by atoms with Gasteiger partial charge in [0.2, 0.25) is 0 Å². The van der Waals surface area contributed by atoms with Gasteiger partial charge in [-0.3, -0.25) is 0 Å². The Hall–Kier alpha value is -6.46. The number of aromatic nitrogens is 1. The number of hydrogen-bond donors (Lipinski definition) is 0. The van der Waals surface area contributed by atoms with Gasteiger partial charge in [-0.25, -0.2) is 0 Å². The number of fused-ring (bicyclic) bond motifs is 3. The fraction of sp³-hybridized carbons (Fsp3) is 0. The second-order valence-corrected chi connectivity index (χ2v) is 15.7. The highest BCUT2D eigenvalue weighted by molar-refractivity contribution is 7.19. The molecule has 0 atom stereocenters. The van der Waals surface area contributed by atoms with Crippen LogP contribution in [0, 0.1) is 22.7 Å². The van der Waals surface area contributed by atoms with Crippen LogP contribution in [0.15, 0.2) is 176 Å². The van der Waals surface area contributed by atoms with Crippen molar-refractivity contribution in [1.82, 2.24) is 4.57 Å². The number of nitrogens with zero attached hydrogens (tertiary/aromatic N) is 3. The zero-order valence-electron chi connectivity index (χ0n) is 26.1. The highest BCUT2D eigenvalue weighted by atomic mass is 28.3. The van der Waals surface area contributed by atoms with E-state index in [9.17, 15) is 10.5 Å². The standard InChI is InChI=1S/C44H29N3Si/c45-30-32-27-33(38-23-14-26-44(41(38)31-46)47-42-24-12-10-21-39(42)40-22-11-13-25-43(40)47)29-37(28-32)48(34-15-4-1-5-16-34,35-17-6-2-7-18-35)36-19-8-3-9-20-36/h1-29H. The van der Waals surface area contributed by atoms with Crippen LogP contribution in [0.1, 0.15) is 11.1 Å². The van der Waals surface area contributed by atoms with Crippen LogP contribution < -0.4 is 20.7 Å². The molecule has 0 bridgehead atoms. The van der Waals surface area contributed by atoms with Crippen molar-refractivity contribution < 1.29 is 0 Å². The predicted molar refractivity (Wildman–Crippen MR) is 199 cm³/mol. The fourth-order valence-corrected chi connectivity index (χ4v) is 12.2. The maximum atomic E-state index is 10.9. The van der Waals surface area contributed by atoms with Crippen molar-refractivity contribution in [3.05, 3.63) is 187 Å². The van der Waals surface area contributed by atoms with Gasteiger partial charge in [0.15, 0.2) is 8.07 Å². The Morgan fingerprint density at radius 1 is 0.438 bits per heavy atom. The average Bonchev–Trinajstić information content (AvgIpc) is 3.50. The molecule has 8 aromatic rings. The van der Waals surface area contributed by atoms with Crippen LogP contribution in [-0.4, -0.2) is 12.6 Å². The van der Waals surface area contributed by atoms with E-state index in [1.807, 2.05) is 36.4 Å². The number of para-hydroxylation sites is 2. The fourth-order valence-electron chi connectivity index (χ4n) is 7.40. The molecule has 8 rings (SSSR count). The maximum Gasteiger partial charge on any atom is 0.179 e. The van der Waals surface area contributed by atoms with E-state index in [0.29, 0.717) is 11.1 Å². The summed E-state index contributed by atoms with van der Waals surface area (Å²) in [7, 11) is -2.92. The van der Waals surface area contributed by atoms with E-state index in [-0.39, 0.29) is 0 Å². The first kappa shape index (κ1) is 29.0. The second kappa shape index (κ2) is 12.0. The van der Waals surface area contributed by atoms with Gasteiger partial charge < -0.3 is 4.57 Å². The Labute approximate surface area is 280 Å². The van der Waals surface area contributed by atoms with Crippen LogP contribution in [0.25, 0.3) is 38.6 Å². The molecule has 224 valence electrons. The molecule has 0 saturated carbocycles. The molecule has 0 fully saturated rings. The minimum atomic E-state index is -2.92. The third-order valence-electron chi connectivity index (χ3n) is 9.40. The average molecular weight is 628 g/mol. The minimum Gasteiger partial charge on any atom is -0.308 e. The van der Waals surface area contributed by atoms with Crippen LogP contribution in [0.3, 0.4) is 0 Å². The van der Waals surface area contributed by atoms with E-state index < -0.39 is 8.07 Å². The summed E-state index contributed by atoms with van der Waals surface area (Å²) in [5.41, 5.74) is 5.68. The third-order valence-corrected chi connectivity index (χ3v) is 14.2. The van der Waals surface area contributed by atoms with Gasteiger partial charge in [0, 0.05) is 16.3 Å². The van der Waals surface area contributed by atoms with Gasteiger partial charge in [-0.05, 0) is 56.6 Å². The normalized spacial score (nSPS) is 11.3. The Kier molecular flexibility index (Phi) is 7.27. The molecule has 0 saturated heterocycles. The molecule has 3 nitrogen and oxygen atoms in total. The summed E-state index contributed by atoms with van der Waals surface area (Å²) < 4.78 is 2.19. The highest BCUT2D eigenvalue weighted by Gasteiger charge is 2.41. The lowest BCUT2D eigenvalue weighted by Gasteiger charge is -2.35. The van der Waals surface area contributed by atoms with Crippen LogP contribution in [0.2, 0.25) is 0 Å². The first-order valence-corrected chi connectivity index (χ1v) is 18.0. The lowest BCUT2D eigenvalue weighted by Crippen LogP contribution is -2.74. The van der Waals surface area contributed by atoms with Gasteiger partial charge in [-0.1, -0.05) is 146 Å². The summed E-state index contributed by atoms with van der Waals surface area (Å²) in [6, 6.07) is 66.0. The molecule has 0 aliphatic rings. The zero-order valence-corrected chi connectivity index (χ0v) is 27.1. The first-order valence-electron chi connectivity index (χ1n) is 16.0. The smallest absolute Gasteiger partial charge is 0.179 e. The van der Waals surface area contributed by atoms with Gasteiger partial charge in [-0.15, -0.1) is 0 Å². The summed E-state index contributed by atoms with van der Waals surface area (Å²) in [6.45, 7) is 0. The summed E-state index contributed by atoms with van der Waals surface area (Å²) in [5.74, 6) is 0. The number of benzene rings is 7. The van der Waals surface area contributed by atoms with E-state index in [1.165, 1.54) is 15.6 Å². The maximum absolute atomic E-state index is 10.9. The van der Waals surface area contributed by atoms with Crippen molar-refractivity contribution >= 4 is 50.6 Å². The minimum absolute atomic E-state index is 0.563. The number of nitriles is 2. The lowest BCUT2D eigenvalue weighted by atomic mass is 9.97. The topological polar surface area (TPSA) is 52.5 Å². The van der Waals surface area contributed by atoms with E-state index in [4.69, 9.17) is 0 Å².